The lowest BCUT2D eigenvalue weighted by atomic mass is 9.70. The van der Waals surface area contributed by atoms with E-state index in [1.807, 2.05) is 13.0 Å². The number of aromatic nitrogens is 2. The Labute approximate surface area is 197 Å². The van der Waals surface area contributed by atoms with Gasteiger partial charge in [0.1, 0.15) is 5.75 Å². The Morgan fingerprint density at radius 2 is 1.88 bits per heavy atom. The minimum Gasteiger partial charge on any atom is -0.426 e. The number of benzene rings is 2. The SMILES string of the molecule is CC(=O)Oc1cc2nc(Nc3ccc(C(C)C)cc3)n([C@H]3C[C@@H](C)CC(C)(C)C3)c2cc1C. The lowest BCUT2D eigenvalue weighted by molar-refractivity contribution is -0.131. The number of nitrogens with zero attached hydrogens (tertiary/aromatic N) is 2. The van der Waals surface area contributed by atoms with Crippen LogP contribution in [0.15, 0.2) is 36.4 Å². The van der Waals surface area contributed by atoms with Crippen LogP contribution in [0.25, 0.3) is 11.0 Å². The Kier molecular flexibility index (Phi) is 6.26. The highest BCUT2D eigenvalue weighted by Gasteiger charge is 2.34. The first-order valence-electron chi connectivity index (χ1n) is 12.1. The van der Waals surface area contributed by atoms with Crippen molar-refractivity contribution in [3.05, 3.63) is 47.5 Å². The minimum absolute atomic E-state index is 0.280. The molecule has 1 saturated carbocycles. The summed E-state index contributed by atoms with van der Waals surface area (Å²) in [6, 6.07) is 13.0. The standard InChI is InChI=1S/C28H37N3O2/c1-17(2)21-8-10-22(11-9-21)29-27-30-24-14-26(33-20(5)32)19(4)13-25(24)31(27)23-12-18(3)15-28(6,7)16-23/h8-11,13-14,17-18,23H,12,15-16H2,1-7H3,(H,29,30)/t18-,23+/m1/s1. The molecule has 0 bridgehead atoms. The van der Waals surface area contributed by atoms with E-state index in [9.17, 15) is 4.79 Å². The molecule has 2 aromatic carbocycles. The third kappa shape index (κ3) is 5.07. The summed E-state index contributed by atoms with van der Waals surface area (Å²) in [6.45, 7) is 14.9. The molecule has 1 aliphatic carbocycles. The second kappa shape index (κ2) is 8.85. The van der Waals surface area contributed by atoms with E-state index in [0.717, 1.165) is 41.1 Å². The van der Waals surface area contributed by atoms with E-state index < -0.39 is 0 Å². The van der Waals surface area contributed by atoms with Gasteiger partial charge in [0.05, 0.1) is 11.0 Å². The molecular weight excluding hydrogens is 410 g/mol. The number of rotatable bonds is 5. The second-order valence-corrected chi connectivity index (χ2v) is 11.0. The van der Waals surface area contributed by atoms with Crippen LogP contribution in [0.5, 0.6) is 5.75 Å². The molecule has 176 valence electrons. The molecule has 4 rings (SSSR count). The quantitative estimate of drug-likeness (QED) is 0.324. The average molecular weight is 448 g/mol. The summed E-state index contributed by atoms with van der Waals surface area (Å²) in [4.78, 5) is 16.6. The molecule has 5 nitrogen and oxygen atoms in total. The fraction of sp³-hybridized carbons (Fsp3) is 0.500. The molecule has 0 spiro atoms. The van der Waals surface area contributed by atoms with Gasteiger partial charge in [0, 0.05) is 24.7 Å². The van der Waals surface area contributed by atoms with Gasteiger partial charge >= 0.3 is 5.97 Å². The largest absolute Gasteiger partial charge is 0.426 e. The van der Waals surface area contributed by atoms with Crippen LogP contribution in [0.3, 0.4) is 0 Å². The number of carbonyl (C=O) groups is 1. The molecule has 5 heteroatoms. The summed E-state index contributed by atoms with van der Waals surface area (Å²) >= 11 is 0. The molecular formula is C28H37N3O2. The molecule has 1 aliphatic rings. The van der Waals surface area contributed by atoms with Gasteiger partial charge in [0.2, 0.25) is 5.95 Å². The average Bonchev–Trinajstić information content (AvgIpc) is 3.03. The number of anilines is 2. The molecule has 0 unspecified atom stereocenters. The van der Waals surface area contributed by atoms with Crippen molar-refractivity contribution in [2.75, 3.05) is 5.32 Å². The van der Waals surface area contributed by atoms with Crippen molar-refractivity contribution < 1.29 is 9.53 Å². The molecule has 1 fully saturated rings. The maximum absolute atomic E-state index is 11.6. The number of fused-ring (bicyclic) bond motifs is 1. The zero-order valence-corrected chi connectivity index (χ0v) is 21.0. The fourth-order valence-electron chi connectivity index (χ4n) is 5.52. The highest BCUT2D eigenvalue weighted by atomic mass is 16.5. The maximum atomic E-state index is 11.6. The van der Waals surface area contributed by atoms with Crippen LogP contribution in [0.1, 0.15) is 83.9 Å². The molecule has 3 aromatic rings. The summed E-state index contributed by atoms with van der Waals surface area (Å²) in [6.07, 6.45) is 3.47. The van der Waals surface area contributed by atoms with Crippen molar-refractivity contribution in [1.82, 2.24) is 9.55 Å². The number of hydrogen-bond acceptors (Lipinski definition) is 4. The lowest BCUT2D eigenvalue weighted by Crippen LogP contribution is -2.29. The summed E-state index contributed by atoms with van der Waals surface area (Å²) in [7, 11) is 0. The van der Waals surface area contributed by atoms with Gasteiger partial charge in [-0.15, -0.1) is 0 Å². The van der Waals surface area contributed by atoms with Gasteiger partial charge in [-0.05, 0) is 72.8 Å². The molecule has 2 atom stereocenters. The van der Waals surface area contributed by atoms with Crippen LogP contribution < -0.4 is 10.1 Å². The van der Waals surface area contributed by atoms with Crippen molar-refractivity contribution >= 4 is 28.6 Å². The Morgan fingerprint density at radius 1 is 1.18 bits per heavy atom. The van der Waals surface area contributed by atoms with Gasteiger partial charge in [-0.3, -0.25) is 4.79 Å². The molecule has 33 heavy (non-hydrogen) atoms. The van der Waals surface area contributed by atoms with Gasteiger partial charge in [-0.1, -0.05) is 46.8 Å². The predicted molar refractivity (Wildman–Crippen MR) is 135 cm³/mol. The Morgan fingerprint density at radius 3 is 2.48 bits per heavy atom. The smallest absolute Gasteiger partial charge is 0.308 e. The van der Waals surface area contributed by atoms with E-state index in [-0.39, 0.29) is 11.4 Å². The van der Waals surface area contributed by atoms with Crippen LogP contribution in [0, 0.1) is 18.3 Å². The number of carbonyl (C=O) groups excluding carboxylic acids is 1. The normalized spacial score (nSPS) is 20.2. The van der Waals surface area contributed by atoms with Crippen molar-refractivity contribution in [1.29, 1.82) is 0 Å². The number of nitrogens with one attached hydrogen (secondary N) is 1. The Hall–Kier alpha value is -2.82. The minimum atomic E-state index is -0.316. The van der Waals surface area contributed by atoms with Gasteiger partial charge in [0.25, 0.3) is 0 Å². The number of hydrogen-bond donors (Lipinski definition) is 1. The fourth-order valence-corrected chi connectivity index (χ4v) is 5.52. The summed E-state index contributed by atoms with van der Waals surface area (Å²) in [5.74, 6) is 2.25. The van der Waals surface area contributed by atoms with Crippen LogP contribution in [-0.4, -0.2) is 15.5 Å². The molecule has 0 saturated heterocycles. The second-order valence-electron chi connectivity index (χ2n) is 11.0. The first kappa shape index (κ1) is 23.3. The van der Waals surface area contributed by atoms with Crippen LogP contribution in [-0.2, 0) is 4.79 Å². The third-order valence-electron chi connectivity index (χ3n) is 6.80. The summed E-state index contributed by atoms with van der Waals surface area (Å²) in [5, 5.41) is 3.59. The first-order chi connectivity index (χ1) is 15.5. The Balaban J connectivity index is 1.81. The maximum Gasteiger partial charge on any atom is 0.308 e. The van der Waals surface area contributed by atoms with Crippen LogP contribution in [0.2, 0.25) is 0 Å². The number of aryl methyl sites for hydroxylation is 1. The van der Waals surface area contributed by atoms with Crippen molar-refractivity contribution in [3.63, 3.8) is 0 Å². The van der Waals surface area contributed by atoms with Gasteiger partial charge < -0.3 is 14.6 Å². The number of ether oxygens (including phenoxy) is 1. The third-order valence-corrected chi connectivity index (χ3v) is 6.80. The molecule has 1 heterocycles. The first-order valence-corrected chi connectivity index (χ1v) is 12.1. The van der Waals surface area contributed by atoms with E-state index in [1.165, 1.54) is 18.9 Å². The summed E-state index contributed by atoms with van der Waals surface area (Å²) < 4.78 is 7.83. The highest BCUT2D eigenvalue weighted by Crippen LogP contribution is 2.46. The van der Waals surface area contributed by atoms with Crippen molar-refractivity contribution in [2.45, 2.75) is 79.7 Å². The van der Waals surface area contributed by atoms with E-state index >= 15 is 0 Å². The molecule has 1 N–H and O–H groups in total. The van der Waals surface area contributed by atoms with E-state index in [1.54, 1.807) is 0 Å². The molecule has 0 amide bonds. The Bertz CT molecular complexity index is 1160. The number of esters is 1. The van der Waals surface area contributed by atoms with Gasteiger partial charge in [-0.25, -0.2) is 4.98 Å². The zero-order chi connectivity index (χ0) is 23.9. The topological polar surface area (TPSA) is 56.1 Å². The van der Waals surface area contributed by atoms with E-state index in [4.69, 9.17) is 9.72 Å². The van der Waals surface area contributed by atoms with Crippen LogP contribution >= 0.6 is 0 Å². The predicted octanol–water partition coefficient (Wildman–Crippen LogP) is 7.52. The van der Waals surface area contributed by atoms with Crippen molar-refractivity contribution in [2.24, 2.45) is 11.3 Å². The zero-order valence-electron chi connectivity index (χ0n) is 21.0. The van der Waals surface area contributed by atoms with Crippen LogP contribution in [0.4, 0.5) is 11.6 Å². The molecule has 0 aliphatic heterocycles. The van der Waals surface area contributed by atoms with E-state index in [2.05, 4.69) is 74.8 Å². The summed E-state index contributed by atoms with van der Waals surface area (Å²) in [5.41, 5.74) is 5.49. The monoisotopic (exact) mass is 447 g/mol. The molecule has 1 aromatic heterocycles. The molecule has 0 radical (unpaired) electrons. The number of imidazole rings is 1. The lowest BCUT2D eigenvalue weighted by Gasteiger charge is -2.40. The van der Waals surface area contributed by atoms with Crippen molar-refractivity contribution in [3.8, 4) is 5.75 Å². The highest BCUT2D eigenvalue weighted by molar-refractivity contribution is 5.84. The van der Waals surface area contributed by atoms with Gasteiger partial charge in [0.15, 0.2) is 0 Å². The van der Waals surface area contributed by atoms with E-state index in [0.29, 0.717) is 23.6 Å². The van der Waals surface area contributed by atoms with Gasteiger partial charge in [-0.2, -0.15) is 0 Å².